The number of hydrogen-bond acceptors (Lipinski definition) is 6. The highest BCUT2D eigenvalue weighted by Gasteiger charge is 2.17. The summed E-state index contributed by atoms with van der Waals surface area (Å²) in [5.74, 6) is 2.06. The van der Waals surface area contributed by atoms with E-state index in [1.807, 2.05) is 6.92 Å². The molecule has 1 aromatic carbocycles. The van der Waals surface area contributed by atoms with Crippen LogP contribution in [0.5, 0.6) is 11.5 Å². The zero-order valence-electron chi connectivity index (χ0n) is 16.3. The van der Waals surface area contributed by atoms with E-state index in [1.54, 1.807) is 30.5 Å². The summed E-state index contributed by atoms with van der Waals surface area (Å²) in [5.41, 5.74) is 0.368. The molecule has 0 atom stereocenters. The summed E-state index contributed by atoms with van der Waals surface area (Å²) < 4.78 is 16.6. The van der Waals surface area contributed by atoms with Crippen molar-refractivity contribution in [3.05, 3.63) is 46.9 Å². The summed E-state index contributed by atoms with van der Waals surface area (Å²) in [6.45, 7) is 5.07. The van der Waals surface area contributed by atoms with Gasteiger partial charge in [-0.2, -0.15) is 0 Å². The van der Waals surface area contributed by atoms with E-state index in [-0.39, 0.29) is 12.5 Å². The van der Waals surface area contributed by atoms with Crippen molar-refractivity contribution < 1.29 is 18.7 Å². The number of aromatic amines is 1. The Kier molecular flexibility index (Phi) is 7.13. The SMILES string of the molecule is CCCCOc1c(Cl)cc(C(=O)NCc2nc(-c3ccco3)n[nH]2)cc1OCC. The van der Waals surface area contributed by atoms with Crippen molar-refractivity contribution in [3.8, 4) is 23.1 Å². The fourth-order valence-electron chi connectivity index (χ4n) is 2.58. The van der Waals surface area contributed by atoms with Gasteiger partial charge in [-0.1, -0.05) is 24.9 Å². The van der Waals surface area contributed by atoms with Crippen LogP contribution in [-0.2, 0) is 6.54 Å². The molecule has 0 fully saturated rings. The van der Waals surface area contributed by atoms with Crippen LogP contribution >= 0.6 is 11.6 Å². The number of rotatable bonds is 10. The third kappa shape index (κ3) is 5.29. The fourth-order valence-corrected chi connectivity index (χ4v) is 2.84. The number of ether oxygens (including phenoxy) is 2. The van der Waals surface area contributed by atoms with Gasteiger partial charge in [0, 0.05) is 5.56 Å². The van der Waals surface area contributed by atoms with E-state index in [0.29, 0.717) is 52.7 Å². The van der Waals surface area contributed by atoms with Gasteiger partial charge in [0.15, 0.2) is 17.3 Å². The van der Waals surface area contributed by atoms with Crippen LogP contribution in [0, 0.1) is 0 Å². The molecule has 2 aromatic heterocycles. The van der Waals surface area contributed by atoms with Gasteiger partial charge in [-0.3, -0.25) is 9.89 Å². The summed E-state index contributed by atoms with van der Waals surface area (Å²) in [7, 11) is 0. The van der Waals surface area contributed by atoms with Gasteiger partial charge in [0.1, 0.15) is 5.82 Å². The van der Waals surface area contributed by atoms with Gasteiger partial charge in [-0.25, -0.2) is 4.98 Å². The lowest BCUT2D eigenvalue weighted by Gasteiger charge is -2.15. The molecule has 29 heavy (non-hydrogen) atoms. The fraction of sp³-hybridized carbons (Fsp3) is 0.350. The van der Waals surface area contributed by atoms with Crippen molar-refractivity contribution in [3.63, 3.8) is 0 Å². The maximum Gasteiger partial charge on any atom is 0.251 e. The molecule has 0 aliphatic rings. The number of aromatic nitrogens is 3. The van der Waals surface area contributed by atoms with Gasteiger partial charge in [0.2, 0.25) is 5.82 Å². The van der Waals surface area contributed by atoms with Gasteiger partial charge in [0.05, 0.1) is 31.0 Å². The van der Waals surface area contributed by atoms with Crippen LogP contribution < -0.4 is 14.8 Å². The average Bonchev–Trinajstić information content (AvgIpc) is 3.40. The molecule has 0 saturated heterocycles. The van der Waals surface area contributed by atoms with Crippen molar-refractivity contribution in [1.29, 1.82) is 0 Å². The first-order valence-electron chi connectivity index (χ1n) is 9.44. The lowest BCUT2D eigenvalue weighted by atomic mass is 10.2. The van der Waals surface area contributed by atoms with E-state index in [9.17, 15) is 4.79 Å². The lowest BCUT2D eigenvalue weighted by Crippen LogP contribution is -2.23. The third-order valence-corrected chi connectivity index (χ3v) is 4.29. The van der Waals surface area contributed by atoms with Gasteiger partial charge in [-0.05, 0) is 37.6 Å². The summed E-state index contributed by atoms with van der Waals surface area (Å²) in [4.78, 5) is 16.9. The molecule has 2 N–H and O–H groups in total. The minimum absolute atomic E-state index is 0.170. The standard InChI is InChI=1S/C20H23ClN4O4/c1-3-5-8-29-18-14(21)10-13(11-16(18)27-4-2)20(26)22-12-17-23-19(25-24-17)15-7-6-9-28-15/h6-7,9-11H,3-5,8,12H2,1-2H3,(H,22,26)(H,23,24,25). The molecule has 0 bridgehead atoms. The van der Waals surface area contributed by atoms with Crippen LogP contribution in [0.15, 0.2) is 34.9 Å². The predicted molar refractivity (Wildman–Crippen MR) is 108 cm³/mol. The van der Waals surface area contributed by atoms with Gasteiger partial charge in [0.25, 0.3) is 5.91 Å². The Bertz CT molecular complexity index is 940. The highest BCUT2D eigenvalue weighted by atomic mass is 35.5. The summed E-state index contributed by atoms with van der Waals surface area (Å²) >= 11 is 6.35. The van der Waals surface area contributed by atoms with E-state index in [0.717, 1.165) is 12.8 Å². The second-order valence-electron chi connectivity index (χ2n) is 6.19. The maximum absolute atomic E-state index is 12.6. The van der Waals surface area contributed by atoms with E-state index >= 15 is 0 Å². The topological polar surface area (TPSA) is 102 Å². The molecule has 3 rings (SSSR count). The first-order chi connectivity index (χ1) is 14.1. The second-order valence-corrected chi connectivity index (χ2v) is 6.59. The Morgan fingerprint density at radius 1 is 1.31 bits per heavy atom. The summed E-state index contributed by atoms with van der Waals surface area (Å²) in [6, 6.07) is 6.70. The second kappa shape index (κ2) is 9.97. The Hall–Kier alpha value is -3.00. The molecule has 1 amide bonds. The normalized spacial score (nSPS) is 10.7. The third-order valence-electron chi connectivity index (χ3n) is 4.01. The highest BCUT2D eigenvalue weighted by Crippen LogP contribution is 2.37. The van der Waals surface area contributed by atoms with Crippen molar-refractivity contribution in [2.75, 3.05) is 13.2 Å². The number of nitrogens with one attached hydrogen (secondary N) is 2. The Balaban J connectivity index is 1.68. The van der Waals surface area contributed by atoms with Gasteiger partial charge >= 0.3 is 0 Å². The number of halogens is 1. The molecule has 3 aromatic rings. The molecular formula is C20H23ClN4O4. The molecule has 8 nitrogen and oxygen atoms in total. The number of unbranched alkanes of at least 4 members (excludes halogenated alkanes) is 1. The van der Waals surface area contributed by atoms with E-state index in [4.69, 9.17) is 25.5 Å². The highest BCUT2D eigenvalue weighted by molar-refractivity contribution is 6.32. The first kappa shape index (κ1) is 20.7. The van der Waals surface area contributed by atoms with Crippen LogP contribution in [0.3, 0.4) is 0 Å². The Morgan fingerprint density at radius 2 is 2.17 bits per heavy atom. The minimum atomic E-state index is -0.316. The number of H-pyrrole nitrogens is 1. The molecule has 0 spiro atoms. The van der Waals surface area contributed by atoms with Crippen molar-refractivity contribution in [2.45, 2.75) is 33.2 Å². The number of furan rings is 1. The maximum atomic E-state index is 12.6. The van der Waals surface area contributed by atoms with Crippen molar-refractivity contribution in [2.24, 2.45) is 0 Å². The van der Waals surface area contributed by atoms with E-state index in [1.165, 1.54) is 0 Å². The summed E-state index contributed by atoms with van der Waals surface area (Å²) in [5, 5.41) is 9.96. The van der Waals surface area contributed by atoms with E-state index in [2.05, 4.69) is 27.4 Å². The number of carbonyl (C=O) groups is 1. The average molecular weight is 419 g/mol. The molecule has 0 saturated carbocycles. The molecule has 0 aliphatic heterocycles. The Morgan fingerprint density at radius 3 is 2.90 bits per heavy atom. The lowest BCUT2D eigenvalue weighted by molar-refractivity contribution is 0.0949. The van der Waals surface area contributed by atoms with E-state index < -0.39 is 0 Å². The van der Waals surface area contributed by atoms with Crippen LogP contribution in [0.4, 0.5) is 0 Å². The molecule has 9 heteroatoms. The molecule has 0 unspecified atom stereocenters. The molecule has 0 radical (unpaired) electrons. The minimum Gasteiger partial charge on any atom is -0.490 e. The van der Waals surface area contributed by atoms with Crippen LogP contribution in [0.2, 0.25) is 5.02 Å². The monoisotopic (exact) mass is 418 g/mol. The largest absolute Gasteiger partial charge is 0.490 e. The smallest absolute Gasteiger partial charge is 0.251 e. The van der Waals surface area contributed by atoms with Gasteiger partial charge < -0.3 is 19.2 Å². The van der Waals surface area contributed by atoms with Crippen molar-refractivity contribution >= 4 is 17.5 Å². The van der Waals surface area contributed by atoms with Crippen molar-refractivity contribution in [1.82, 2.24) is 20.5 Å². The van der Waals surface area contributed by atoms with Crippen LogP contribution in [-0.4, -0.2) is 34.3 Å². The Labute approximate surface area is 173 Å². The quantitative estimate of drug-likeness (QED) is 0.478. The zero-order chi connectivity index (χ0) is 20.6. The zero-order valence-corrected chi connectivity index (χ0v) is 17.1. The van der Waals surface area contributed by atoms with Crippen LogP contribution in [0.25, 0.3) is 11.6 Å². The molecule has 154 valence electrons. The summed E-state index contributed by atoms with van der Waals surface area (Å²) in [6.07, 6.45) is 3.45. The first-order valence-corrected chi connectivity index (χ1v) is 9.82. The predicted octanol–water partition coefficient (Wildman–Crippen LogP) is 4.23. The number of benzene rings is 1. The molecule has 0 aliphatic carbocycles. The number of nitrogens with zero attached hydrogens (tertiary/aromatic N) is 2. The number of hydrogen-bond donors (Lipinski definition) is 2. The molecular weight excluding hydrogens is 396 g/mol. The van der Waals surface area contributed by atoms with Gasteiger partial charge in [-0.15, -0.1) is 5.10 Å². The number of amides is 1. The molecule has 2 heterocycles. The van der Waals surface area contributed by atoms with Crippen LogP contribution in [0.1, 0.15) is 42.9 Å². The number of carbonyl (C=O) groups excluding carboxylic acids is 1.